The van der Waals surface area contributed by atoms with Crippen molar-refractivity contribution < 1.29 is 0 Å². The summed E-state index contributed by atoms with van der Waals surface area (Å²) in [5.74, 6) is 0.553. The summed E-state index contributed by atoms with van der Waals surface area (Å²) in [6.07, 6.45) is 3.85. The van der Waals surface area contributed by atoms with E-state index in [4.69, 9.17) is 0 Å². The summed E-state index contributed by atoms with van der Waals surface area (Å²) in [7, 11) is 4.25. The van der Waals surface area contributed by atoms with Gasteiger partial charge >= 0.3 is 0 Å². The lowest BCUT2D eigenvalue weighted by atomic mass is 10.1. The van der Waals surface area contributed by atoms with Crippen molar-refractivity contribution >= 4 is 0 Å². The Morgan fingerprint density at radius 2 is 1.86 bits per heavy atom. The zero-order chi connectivity index (χ0) is 11.0. The van der Waals surface area contributed by atoms with Crippen molar-refractivity contribution in [3.05, 3.63) is 12.3 Å². The first kappa shape index (κ1) is 13.5. The Labute approximate surface area is 89.4 Å². The van der Waals surface area contributed by atoms with E-state index in [0.717, 1.165) is 12.2 Å². The number of rotatable bonds is 8. The minimum Gasteiger partial charge on any atom is -0.389 e. The molecule has 0 rings (SSSR count). The first-order chi connectivity index (χ1) is 6.54. The number of allylic oxidation sites excluding steroid dienone is 1. The van der Waals surface area contributed by atoms with Crippen LogP contribution in [0.4, 0.5) is 0 Å². The van der Waals surface area contributed by atoms with Crippen LogP contribution in [-0.2, 0) is 0 Å². The second kappa shape index (κ2) is 7.86. The van der Waals surface area contributed by atoms with Crippen LogP contribution >= 0.6 is 0 Å². The molecule has 0 fully saturated rings. The Hall–Kier alpha value is -0.500. The lowest BCUT2D eigenvalue weighted by molar-refractivity contribution is 0.391. The molecular weight excluding hydrogens is 172 g/mol. The van der Waals surface area contributed by atoms with Gasteiger partial charge in [-0.1, -0.05) is 26.8 Å². The van der Waals surface area contributed by atoms with Gasteiger partial charge in [0.25, 0.3) is 0 Å². The van der Waals surface area contributed by atoms with Crippen LogP contribution in [0, 0.1) is 5.92 Å². The van der Waals surface area contributed by atoms with Gasteiger partial charge in [0, 0.05) is 12.2 Å². The van der Waals surface area contributed by atoms with Crippen LogP contribution in [0.5, 0.6) is 0 Å². The zero-order valence-electron chi connectivity index (χ0n) is 10.3. The molecule has 14 heavy (non-hydrogen) atoms. The molecule has 1 N–H and O–H groups in total. The Balaban J connectivity index is 3.18. The topological polar surface area (TPSA) is 15.3 Å². The molecule has 0 aliphatic heterocycles. The van der Waals surface area contributed by atoms with E-state index in [1.54, 1.807) is 0 Å². The van der Waals surface area contributed by atoms with E-state index >= 15 is 0 Å². The highest BCUT2D eigenvalue weighted by Gasteiger charge is 1.98. The molecule has 0 aliphatic rings. The summed E-state index contributed by atoms with van der Waals surface area (Å²) in [5, 5.41) is 3.36. The molecule has 0 saturated heterocycles. The first-order valence-electron chi connectivity index (χ1n) is 5.61. The molecule has 0 atom stereocenters. The molecule has 2 nitrogen and oxygen atoms in total. The van der Waals surface area contributed by atoms with Gasteiger partial charge < -0.3 is 10.2 Å². The Kier molecular flexibility index (Phi) is 7.58. The predicted molar refractivity (Wildman–Crippen MR) is 64.4 cm³/mol. The summed E-state index contributed by atoms with van der Waals surface area (Å²) >= 11 is 0. The van der Waals surface area contributed by atoms with Crippen molar-refractivity contribution in [2.24, 2.45) is 5.92 Å². The highest BCUT2D eigenvalue weighted by molar-refractivity contribution is 4.93. The molecule has 2 heteroatoms. The third kappa shape index (κ3) is 8.11. The van der Waals surface area contributed by atoms with Gasteiger partial charge in [-0.05, 0) is 39.4 Å². The van der Waals surface area contributed by atoms with Crippen molar-refractivity contribution in [2.75, 3.05) is 27.2 Å². The fourth-order valence-electron chi connectivity index (χ4n) is 1.18. The first-order valence-corrected chi connectivity index (χ1v) is 5.61. The molecule has 0 radical (unpaired) electrons. The molecule has 0 aromatic heterocycles. The van der Waals surface area contributed by atoms with Crippen molar-refractivity contribution in [3.63, 3.8) is 0 Å². The van der Waals surface area contributed by atoms with Gasteiger partial charge in [-0.3, -0.25) is 0 Å². The molecule has 0 saturated carbocycles. The average Bonchev–Trinajstić information content (AvgIpc) is 2.09. The smallest absolute Gasteiger partial charge is 0.0143 e. The normalized spacial score (nSPS) is 11.0. The molecule has 0 amide bonds. The zero-order valence-corrected chi connectivity index (χ0v) is 10.3. The van der Waals surface area contributed by atoms with E-state index < -0.39 is 0 Å². The molecule has 0 aromatic carbocycles. The Morgan fingerprint density at radius 1 is 1.21 bits per heavy atom. The maximum Gasteiger partial charge on any atom is 0.0143 e. The third-order valence-electron chi connectivity index (χ3n) is 2.33. The summed E-state index contributed by atoms with van der Waals surface area (Å²) < 4.78 is 0. The maximum atomic E-state index is 3.98. The lowest BCUT2D eigenvalue weighted by Gasteiger charge is -2.13. The number of hydrogen-bond donors (Lipinski definition) is 1. The highest BCUT2D eigenvalue weighted by Crippen LogP contribution is 2.02. The largest absolute Gasteiger partial charge is 0.389 e. The van der Waals surface area contributed by atoms with Crippen molar-refractivity contribution in [1.29, 1.82) is 0 Å². The standard InChI is InChI=1S/C12H26N2/c1-11(2)12(3)13-9-7-6-8-10-14(4)5/h11,13H,3,6-10H2,1-2,4-5H3. The molecule has 84 valence electrons. The van der Waals surface area contributed by atoms with Crippen LogP contribution in [0.1, 0.15) is 33.1 Å². The summed E-state index contributed by atoms with van der Waals surface area (Å²) in [5.41, 5.74) is 1.16. The molecular formula is C12H26N2. The molecule has 0 bridgehead atoms. The second-order valence-corrected chi connectivity index (χ2v) is 4.47. The van der Waals surface area contributed by atoms with E-state index in [9.17, 15) is 0 Å². The SMILES string of the molecule is C=C(NCCCCCN(C)C)C(C)C. The van der Waals surface area contributed by atoms with Crippen molar-refractivity contribution in [2.45, 2.75) is 33.1 Å². The van der Waals surface area contributed by atoms with Crippen LogP contribution < -0.4 is 5.32 Å². The van der Waals surface area contributed by atoms with Crippen LogP contribution in [0.25, 0.3) is 0 Å². The molecule has 0 aromatic rings. The Morgan fingerprint density at radius 3 is 2.36 bits per heavy atom. The van der Waals surface area contributed by atoms with Crippen LogP contribution in [0.3, 0.4) is 0 Å². The Bertz CT molecular complexity index is 150. The number of unbranched alkanes of at least 4 members (excludes halogenated alkanes) is 2. The van der Waals surface area contributed by atoms with Crippen molar-refractivity contribution in [3.8, 4) is 0 Å². The van der Waals surface area contributed by atoms with Crippen LogP contribution in [-0.4, -0.2) is 32.1 Å². The molecule has 0 unspecified atom stereocenters. The number of hydrogen-bond acceptors (Lipinski definition) is 2. The van der Waals surface area contributed by atoms with E-state index in [1.807, 2.05) is 0 Å². The van der Waals surface area contributed by atoms with Gasteiger partial charge in [-0.2, -0.15) is 0 Å². The average molecular weight is 198 g/mol. The number of nitrogens with one attached hydrogen (secondary N) is 1. The van der Waals surface area contributed by atoms with E-state index in [2.05, 4.69) is 44.7 Å². The minimum absolute atomic E-state index is 0.553. The summed E-state index contributed by atoms with van der Waals surface area (Å²) in [4.78, 5) is 2.24. The maximum absolute atomic E-state index is 3.98. The van der Waals surface area contributed by atoms with Gasteiger partial charge in [-0.25, -0.2) is 0 Å². The minimum atomic E-state index is 0.553. The fraction of sp³-hybridized carbons (Fsp3) is 0.833. The van der Waals surface area contributed by atoms with Gasteiger partial charge in [0.2, 0.25) is 0 Å². The second-order valence-electron chi connectivity index (χ2n) is 4.47. The molecule has 0 aliphatic carbocycles. The summed E-state index contributed by atoms with van der Waals surface area (Å²) in [6, 6.07) is 0. The quantitative estimate of drug-likeness (QED) is 0.603. The molecule has 0 heterocycles. The lowest BCUT2D eigenvalue weighted by Crippen LogP contribution is -2.18. The van der Waals surface area contributed by atoms with Gasteiger partial charge in [0.05, 0.1) is 0 Å². The van der Waals surface area contributed by atoms with Crippen molar-refractivity contribution in [1.82, 2.24) is 10.2 Å². The summed E-state index contributed by atoms with van der Waals surface area (Å²) in [6.45, 7) is 10.6. The predicted octanol–water partition coefficient (Wildman–Crippen LogP) is 2.48. The van der Waals surface area contributed by atoms with E-state index in [0.29, 0.717) is 5.92 Å². The fourth-order valence-corrected chi connectivity index (χ4v) is 1.18. The molecule has 0 spiro atoms. The van der Waals surface area contributed by atoms with Crippen LogP contribution in [0.2, 0.25) is 0 Å². The monoisotopic (exact) mass is 198 g/mol. The van der Waals surface area contributed by atoms with Gasteiger partial charge in [0.15, 0.2) is 0 Å². The van der Waals surface area contributed by atoms with E-state index in [1.165, 1.54) is 25.8 Å². The van der Waals surface area contributed by atoms with Gasteiger partial charge in [0.1, 0.15) is 0 Å². The third-order valence-corrected chi connectivity index (χ3v) is 2.33. The van der Waals surface area contributed by atoms with Gasteiger partial charge in [-0.15, -0.1) is 0 Å². The highest BCUT2D eigenvalue weighted by atomic mass is 15.0. The van der Waals surface area contributed by atoms with E-state index in [-0.39, 0.29) is 0 Å². The number of nitrogens with zero attached hydrogens (tertiary/aromatic N) is 1. The van der Waals surface area contributed by atoms with Crippen LogP contribution in [0.15, 0.2) is 12.3 Å².